The van der Waals surface area contributed by atoms with Gasteiger partial charge in [0.25, 0.3) is 0 Å². The Morgan fingerprint density at radius 1 is 1.19 bits per heavy atom. The molecule has 0 saturated carbocycles. The molecular weight excluding hydrogens is 267 g/mol. The Labute approximate surface area is 142 Å². The Morgan fingerprint density at radius 2 is 1.81 bits per heavy atom. The first kappa shape index (κ1) is 6.56. The lowest BCUT2D eigenvalue weighted by Gasteiger charge is -2.32. The fourth-order valence-electron chi connectivity index (χ4n) is 1.79. The summed E-state index contributed by atoms with van der Waals surface area (Å²) in [5.74, 6) is -0.887. The summed E-state index contributed by atoms with van der Waals surface area (Å²) in [5, 5.41) is 0. The van der Waals surface area contributed by atoms with Crippen molar-refractivity contribution >= 4 is 18.5 Å². The molecule has 0 N–H and O–H groups in total. The van der Waals surface area contributed by atoms with Gasteiger partial charge in [0.2, 0.25) is 0 Å². The highest BCUT2D eigenvalue weighted by Gasteiger charge is 2.52. The van der Waals surface area contributed by atoms with Crippen LogP contribution >= 0.6 is 0 Å². The molecule has 0 aromatic carbocycles. The molecule has 3 rings (SSSR count). The fourth-order valence-corrected chi connectivity index (χ4v) is 1.79. The number of hydrogen-bond donors (Lipinski definition) is 0. The molecule has 5 nitrogen and oxygen atoms in total. The van der Waals surface area contributed by atoms with Crippen LogP contribution in [-0.4, -0.2) is 49.4 Å². The molecule has 0 amide bonds. The van der Waals surface area contributed by atoms with Gasteiger partial charge in [-0.25, -0.2) is 4.98 Å². The Balaban J connectivity index is 2.26. The summed E-state index contributed by atoms with van der Waals surface area (Å²) in [5.41, 5.74) is -2.09. The molecular formula is C15H23BN2O3. The van der Waals surface area contributed by atoms with Gasteiger partial charge in [-0.2, -0.15) is 0 Å². The molecule has 2 fully saturated rings. The maximum Gasteiger partial charge on any atom is 0.514 e. The topological polar surface area (TPSA) is 43.8 Å². The molecule has 0 unspecified atom stereocenters. The molecule has 2 saturated heterocycles. The molecule has 0 radical (unpaired) electrons. The Morgan fingerprint density at radius 3 is 2.43 bits per heavy atom. The second-order valence-corrected chi connectivity index (χ2v) is 5.65. The van der Waals surface area contributed by atoms with Crippen LogP contribution in [0.15, 0.2) is 18.1 Å². The molecule has 0 spiro atoms. The number of nitrogens with zero attached hydrogens (tertiary/aromatic N) is 2. The molecule has 21 heavy (non-hydrogen) atoms. The van der Waals surface area contributed by atoms with Gasteiger partial charge in [0.15, 0.2) is 0 Å². The number of rotatable bonds is 2. The van der Waals surface area contributed by atoms with E-state index in [-0.39, 0.29) is 10.5 Å². The first-order valence-electron chi connectivity index (χ1n) is 11.9. The second kappa shape index (κ2) is 5.27. The average molecular weight is 301 g/mol. The summed E-state index contributed by atoms with van der Waals surface area (Å²) in [4.78, 5) is 4.02. The molecule has 6 heteroatoms. The van der Waals surface area contributed by atoms with Crippen LogP contribution in [0.5, 0.6) is 0 Å². The van der Waals surface area contributed by atoms with Crippen molar-refractivity contribution < 1.29 is 29.1 Å². The van der Waals surface area contributed by atoms with E-state index in [4.69, 9.17) is 24.4 Å². The Bertz CT molecular complexity index is 915. The van der Waals surface area contributed by atoms with Crippen molar-refractivity contribution in [1.82, 2.24) is 4.98 Å². The second-order valence-electron chi connectivity index (χ2n) is 5.65. The van der Waals surface area contributed by atoms with Crippen LogP contribution in [0, 0.1) is 0 Å². The van der Waals surface area contributed by atoms with Crippen molar-refractivity contribution in [3.63, 3.8) is 0 Å². The summed E-state index contributed by atoms with van der Waals surface area (Å²) >= 11 is 0. The van der Waals surface area contributed by atoms with E-state index in [0.717, 1.165) is 0 Å². The highest BCUT2D eigenvalue weighted by Crippen LogP contribution is 2.36. The quantitative estimate of drug-likeness (QED) is 0.769. The van der Waals surface area contributed by atoms with E-state index in [1.165, 1.54) is 0 Å². The third-order valence-electron chi connectivity index (χ3n) is 3.70. The highest BCUT2D eigenvalue weighted by atomic mass is 16.7. The Kier molecular flexibility index (Phi) is 1.65. The van der Waals surface area contributed by atoms with E-state index in [0.29, 0.717) is 0 Å². The standard InChI is InChI=1S/C15H23BN2O3/c1-14(2)15(3,4)21-16(20-14)12-6-5-7-13(17-12)18-8-10-19-11-9-18/h5-7H,8-11H2,1-4H3/i5D,6D,7D,8D2,9D2,10D2,11D2. The predicted molar refractivity (Wildman–Crippen MR) is 83.0 cm³/mol. The van der Waals surface area contributed by atoms with E-state index in [1.54, 1.807) is 27.7 Å². The molecule has 1 aromatic heterocycles. The number of hydrogen-bond acceptors (Lipinski definition) is 5. The lowest BCUT2D eigenvalue weighted by molar-refractivity contribution is 0.00578. The van der Waals surface area contributed by atoms with Crippen molar-refractivity contribution in [2.45, 2.75) is 38.9 Å². The number of pyridine rings is 1. The predicted octanol–water partition coefficient (Wildman–Crippen LogP) is 1.22. The van der Waals surface area contributed by atoms with E-state index in [2.05, 4.69) is 9.72 Å². The van der Waals surface area contributed by atoms with Crippen molar-refractivity contribution in [3.05, 3.63) is 18.1 Å². The van der Waals surface area contributed by atoms with Gasteiger partial charge in [-0.15, -0.1) is 0 Å². The van der Waals surface area contributed by atoms with Gasteiger partial charge in [0.1, 0.15) is 5.82 Å². The molecule has 1 aromatic rings. The van der Waals surface area contributed by atoms with Crippen molar-refractivity contribution in [2.24, 2.45) is 0 Å². The first-order chi connectivity index (χ1) is 14.1. The molecule has 114 valence electrons. The third kappa shape index (κ3) is 2.80. The summed E-state index contributed by atoms with van der Waals surface area (Å²) in [6, 6.07) is -2.23. The number of anilines is 1. The maximum atomic E-state index is 8.22. The summed E-state index contributed by atoms with van der Waals surface area (Å²) in [6.45, 7) is -6.53. The average Bonchev–Trinajstić information content (AvgIpc) is 2.80. The first-order valence-corrected chi connectivity index (χ1v) is 6.44. The molecule has 3 heterocycles. The molecule has 0 bridgehead atoms. The van der Waals surface area contributed by atoms with Crippen LogP contribution in [0.1, 0.15) is 42.8 Å². The SMILES string of the molecule is [2H]c1c(B2OC(C)(C)C(C)(C)O2)nc(N2C([2H])([2H])C([2H])([2H])OC([2H])([2H])C2([2H])[2H])c([2H])c1[2H]. The minimum Gasteiger partial charge on any atom is -0.398 e. The monoisotopic (exact) mass is 301 g/mol. The zero-order chi connectivity index (χ0) is 24.9. The highest BCUT2D eigenvalue weighted by molar-refractivity contribution is 6.61. The molecule has 0 aliphatic carbocycles. The summed E-state index contributed by atoms with van der Waals surface area (Å²) in [6.07, 6.45) is 0. The lowest BCUT2D eigenvalue weighted by atomic mass is 9.84. The van der Waals surface area contributed by atoms with E-state index in [1.807, 2.05) is 0 Å². The molecule has 2 aliphatic rings. The number of morpholine rings is 1. The number of ether oxygens (including phenoxy) is 1. The van der Waals surface area contributed by atoms with Crippen molar-refractivity contribution in [3.8, 4) is 0 Å². The maximum absolute atomic E-state index is 8.22. The van der Waals surface area contributed by atoms with Crippen LogP contribution in [0.3, 0.4) is 0 Å². The van der Waals surface area contributed by atoms with Crippen LogP contribution in [-0.2, 0) is 14.0 Å². The van der Waals surface area contributed by atoms with Gasteiger partial charge in [0, 0.05) is 13.0 Å². The largest absolute Gasteiger partial charge is 0.514 e. The summed E-state index contributed by atoms with van der Waals surface area (Å²) < 4.78 is 105. The van der Waals surface area contributed by atoms with Crippen LogP contribution in [0.4, 0.5) is 5.82 Å². The van der Waals surface area contributed by atoms with Crippen LogP contribution < -0.4 is 10.5 Å². The van der Waals surface area contributed by atoms with Crippen molar-refractivity contribution in [1.29, 1.82) is 0 Å². The van der Waals surface area contributed by atoms with Gasteiger partial charge in [-0.05, 0) is 39.8 Å². The van der Waals surface area contributed by atoms with Gasteiger partial charge < -0.3 is 18.9 Å². The minimum atomic E-state index is -3.36. The smallest absolute Gasteiger partial charge is 0.398 e. The fraction of sp³-hybridized carbons (Fsp3) is 0.667. The van der Waals surface area contributed by atoms with Gasteiger partial charge >= 0.3 is 7.12 Å². The number of aromatic nitrogens is 1. The van der Waals surface area contributed by atoms with E-state index in [9.17, 15) is 0 Å². The van der Waals surface area contributed by atoms with Crippen LogP contribution in [0.25, 0.3) is 0 Å². The van der Waals surface area contributed by atoms with E-state index >= 15 is 0 Å². The van der Waals surface area contributed by atoms with Gasteiger partial charge in [-0.1, -0.05) is 6.04 Å². The summed E-state index contributed by atoms with van der Waals surface area (Å²) in [7, 11) is -1.32. The normalized spacial score (nSPS) is 41.6. The Hall–Kier alpha value is -1.11. The van der Waals surface area contributed by atoms with Crippen molar-refractivity contribution in [2.75, 3.05) is 31.0 Å². The van der Waals surface area contributed by atoms with Crippen LogP contribution in [0.2, 0.25) is 0 Å². The zero-order valence-electron chi connectivity index (χ0n) is 23.2. The third-order valence-corrected chi connectivity index (χ3v) is 3.70. The molecule has 0 atom stereocenters. The zero-order valence-corrected chi connectivity index (χ0v) is 12.2. The van der Waals surface area contributed by atoms with Gasteiger partial charge in [-0.3, -0.25) is 0 Å². The van der Waals surface area contributed by atoms with E-state index < -0.39 is 68.4 Å². The lowest BCUT2D eigenvalue weighted by Crippen LogP contribution is -2.41. The van der Waals surface area contributed by atoms with Gasteiger partial charge in [0.05, 0.1) is 45.0 Å². The minimum absolute atomic E-state index is 0.0120. The molecule has 2 aliphatic heterocycles.